The number of aromatic nitrogens is 2. The predicted octanol–water partition coefficient (Wildman–Crippen LogP) is 1.81. The van der Waals surface area contributed by atoms with Gasteiger partial charge in [-0.2, -0.15) is 5.26 Å². The van der Waals surface area contributed by atoms with E-state index in [1.807, 2.05) is 35.2 Å². The number of nitrogens with one attached hydrogen (secondary N) is 1. The van der Waals surface area contributed by atoms with Crippen molar-refractivity contribution in [1.82, 2.24) is 9.97 Å². The lowest BCUT2D eigenvalue weighted by Crippen LogP contribution is -2.20. The monoisotopic (exact) mass is 254 g/mol. The van der Waals surface area contributed by atoms with Crippen LogP contribution in [0.25, 0.3) is 0 Å². The molecule has 0 atom stereocenters. The molecule has 0 aliphatic heterocycles. The quantitative estimate of drug-likeness (QED) is 0.624. The van der Waals surface area contributed by atoms with E-state index in [0.29, 0.717) is 24.6 Å². The third-order valence-electron chi connectivity index (χ3n) is 2.59. The zero-order valence-corrected chi connectivity index (χ0v) is 10.3. The summed E-state index contributed by atoms with van der Waals surface area (Å²) in [6, 6.07) is 13.6. The van der Waals surface area contributed by atoms with Crippen molar-refractivity contribution in [3.63, 3.8) is 0 Å². The van der Waals surface area contributed by atoms with Crippen LogP contribution in [0, 0.1) is 11.3 Å². The third-order valence-corrected chi connectivity index (χ3v) is 2.59. The number of nitrogens with zero attached hydrogens (tertiary/aromatic N) is 4. The van der Waals surface area contributed by atoms with E-state index < -0.39 is 0 Å². The van der Waals surface area contributed by atoms with Gasteiger partial charge in [0, 0.05) is 18.3 Å². The lowest BCUT2D eigenvalue weighted by Gasteiger charge is -2.22. The van der Waals surface area contributed by atoms with E-state index >= 15 is 0 Å². The van der Waals surface area contributed by atoms with E-state index in [1.54, 1.807) is 6.07 Å². The van der Waals surface area contributed by atoms with Crippen molar-refractivity contribution in [3.8, 4) is 6.07 Å². The Morgan fingerprint density at radius 3 is 2.74 bits per heavy atom. The van der Waals surface area contributed by atoms with Crippen LogP contribution in [0.4, 0.5) is 17.3 Å². The number of hydrazine groups is 1. The van der Waals surface area contributed by atoms with Gasteiger partial charge in [-0.3, -0.25) is 0 Å². The molecular formula is C13H14N6. The van der Waals surface area contributed by atoms with Gasteiger partial charge in [0.15, 0.2) is 0 Å². The number of nitrogen functional groups attached to an aromatic ring is 1. The molecule has 3 N–H and O–H groups in total. The number of rotatable bonds is 5. The molecule has 1 heterocycles. The maximum absolute atomic E-state index is 8.77. The largest absolute Gasteiger partial charge is 0.325 e. The van der Waals surface area contributed by atoms with E-state index in [4.69, 9.17) is 11.1 Å². The molecule has 1 aromatic heterocycles. The molecule has 2 aromatic rings. The van der Waals surface area contributed by atoms with Gasteiger partial charge in [0.05, 0.1) is 12.5 Å². The van der Waals surface area contributed by atoms with Crippen LogP contribution in [0.5, 0.6) is 0 Å². The van der Waals surface area contributed by atoms with E-state index in [2.05, 4.69) is 21.5 Å². The normalized spacial score (nSPS) is 9.68. The Kier molecular flexibility index (Phi) is 4.26. The summed E-state index contributed by atoms with van der Waals surface area (Å²) in [5.74, 6) is 6.58. The maximum Gasteiger partial charge on any atom is 0.145 e. The zero-order valence-electron chi connectivity index (χ0n) is 10.3. The molecule has 2 rings (SSSR count). The second kappa shape index (κ2) is 6.33. The van der Waals surface area contributed by atoms with Crippen molar-refractivity contribution >= 4 is 17.3 Å². The number of nitriles is 1. The second-order valence-corrected chi connectivity index (χ2v) is 3.80. The number of nitrogens with two attached hydrogens (primary N) is 1. The summed E-state index contributed by atoms with van der Waals surface area (Å²) in [7, 11) is 0. The average molecular weight is 254 g/mol. The highest BCUT2D eigenvalue weighted by atomic mass is 15.3. The zero-order chi connectivity index (χ0) is 13.5. The first-order valence-electron chi connectivity index (χ1n) is 5.83. The molecule has 0 amide bonds. The van der Waals surface area contributed by atoms with Gasteiger partial charge in [0.1, 0.15) is 18.0 Å². The van der Waals surface area contributed by atoms with Crippen molar-refractivity contribution in [1.29, 1.82) is 5.26 Å². The van der Waals surface area contributed by atoms with Crippen LogP contribution in [0.15, 0.2) is 42.7 Å². The topological polar surface area (TPSA) is 90.9 Å². The van der Waals surface area contributed by atoms with Crippen LogP contribution in [-0.2, 0) is 0 Å². The highest BCUT2D eigenvalue weighted by Crippen LogP contribution is 2.24. The molecule has 0 spiro atoms. The van der Waals surface area contributed by atoms with E-state index in [0.717, 1.165) is 5.69 Å². The minimum absolute atomic E-state index is 0.407. The fraction of sp³-hybridized carbons (Fsp3) is 0.154. The van der Waals surface area contributed by atoms with Crippen molar-refractivity contribution in [3.05, 3.63) is 42.7 Å². The summed E-state index contributed by atoms with van der Waals surface area (Å²) >= 11 is 0. The molecule has 19 heavy (non-hydrogen) atoms. The minimum Gasteiger partial charge on any atom is -0.325 e. The summed E-state index contributed by atoms with van der Waals surface area (Å²) < 4.78 is 0. The molecule has 0 aliphatic rings. The highest BCUT2D eigenvalue weighted by molar-refractivity contribution is 5.61. The van der Waals surface area contributed by atoms with Crippen LogP contribution in [-0.4, -0.2) is 16.5 Å². The standard InChI is InChI=1S/C13H14N6/c14-7-4-8-19(11-5-2-1-3-6-11)13-9-12(18-15)16-10-17-13/h1-3,5-6,9-10H,4,8,15H2,(H,16,17,18). The molecule has 0 unspecified atom stereocenters. The summed E-state index contributed by atoms with van der Waals surface area (Å²) in [6.07, 6.45) is 1.84. The molecule has 96 valence electrons. The molecule has 0 radical (unpaired) electrons. The Morgan fingerprint density at radius 2 is 2.05 bits per heavy atom. The Balaban J connectivity index is 2.34. The molecule has 0 saturated heterocycles. The summed E-state index contributed by atoms with van der Waals surface area (Å²) in [5.41, 5.74) is 3.46. The first kappa shape index (κ1) is 12.8. The average Bonchev–Trinajstić information content (AvgIpc) is 2.49. The number of hydrogen-bond acceptors (Lipinski definition) is 6. The van der Waals surface area contributed by atoms with Gasteiger partial charge in [-0.1, -0.05) is 18.2 Å². The first-order valence-corrected chi connectivity index (χ1v) is 5.83. The van der Waals surface area contributed by atoms with Gasteiger partial charge in [-0.25, -0.2) is 15.8 Å². The Hall–Kier alpha value is -2.65. The van der Waals surface area contributed by atoms with Crippen LogP contribution in [0.1, 0.15) is 6.42 Å². The van der Waals surface area contributed by atoms with Gasteiger partial charge < -0.3 is 10.3 Å². The summed E-state index contributed by atoms with van der Waals surface area (Å²) in [6.45, 7) is 0.557. The molecular weight excluding hydrogens is 240 g/mol. The van der Waals surface area contributed by atoms with Crippen molar-refractivity contribution in [2.45, 2.75) is 6.42 Å². The fourth-order valence-electron chi connectivity index (χ4n) is 1.72. The molecule has 6 heteroatoms. The lowest BCUT2D eigenvalue weighted by atomic mass is 10.2. The lowest BCUT2D eigenvalue weighted by molar-refractivity contribution is 0.920. The van der Waals surface area contributed by atoms with E-state index in [-0.39, 0.29) is 0 Å². The third kappa shape index (κ3) is 3.18. The molecule has 0 aliphatic carbocycles. The van der Waals surface area contributed by atoms with Gasteiger partial charge in [0.25, 0.3) is 0 Å². The second-order valence-electron chi connectivity index (χ2n) is 3.80. The molecule has 0 fully saturated rings. The van der Waals surface area contributed by atoms with Crippen molar-refractivity contribution < 1.29 is 0 Å². The van der Waals surface area contributed by atoms with Gasteiger partial charge in [-0.15, -0.1) is 0 Å². The summed E-state index contributed by atoms with van der Waals surface area (Å²) in [5, 5.41) is 8.77. The molecule has 1 aromatic carbocycles. The smallest absolute Gasteiger partial charge is 0.145 e. The number of anilines is 3. The minimum atomic E-state index is 0.407. The van der Waals surface area contributed by atoms with E-state index in [1.165, 1.54) is 6.33 Å². The van der Waals surface area contributed by atoms with Crippen LogP contribution in [0.3, 0.4) is 0 Å². The summed E-state index contributed by atoms with van der Waals surface area (Å²) in [4.78, 5) is 10.2. The molecule has 6 nitrogen and oxygen atoms in total. The first-order chi connectivity index (χ1) is 9.35. The molecule has 0 bridgehead atoms. The number of hydrogen-bond donors (Lipinski definition) is 2. The number of benzene rings is 1. The fourth-order valence-corrected chi connectivity index (χ4v) is 1.72. The Labute approximate surface area is 111 Å². The van der Waals surface area contributed by atoms with Gasteiger partial charge in [-0.05, 0) is 12.1 Å². The van der Waals surface area contributed by atoms with Crippen LogP contribution >= 0.6 is 0 Å². The Morgan fingerprint density at radius 1 is 1.26 bits per heavy atom. The van der Waals surface area contributed by atoms with Gasteiger partial charge >= 0.3 is 0 Å². The van der Waals surface area contributed by atoms with Gasteiger partial charge in [0.2, 0.25) is 0 Å². The Bertz CT molecular complexity index is 563. The van der Waals surface area contributed by atoms with Crippen LogP contribution in [0.2, 0.25) is 0 Å². The van der Waals surface area contributed by atoms with E-state index in [9.17, 15) is 0 Å². The highest BCUT2D eigenvalue weighted by Gasteiger charge is 2.10. The SMILES string of the molecule is N#CCCN(c1ccccc1)c1cc(NN)ncn1. The number of para-hydroxylation sites is 1. The maximum atomic E-state index is 8.77. The van der Waals surface area contributed by atoms with Crippen LogP contribution < -0.4 is 16.2 Å². The molecule has 0 saturated carbocycles. The van der Waals surface area contributed by atoms with Crippen molar-refractivity contribution in [2.24, 2.45) is 5.84 Å². The van der Waals surface area contributed by atoms with Crippen molar-refractivity contribution in [2.75, 3.05) is 16.9 Å². The predicted molar refractivity (Wildman–Crippen MR) is 73.5 cm³/mol.